The predicted octanol–water partition coefficient (Wildman–Crippen LogP) is 6.35. The van der Waals surface area contributed by atoms with Crippen molar-refractivity contribution in [1.82, 2.24) is 19.1 Å². The molecule has 0 saturated carbocycles. The fraction of sp³-hybridized carbons (Fsp3) is 0. The van der Waals surface area contributed by atoms with Crippen LogP contribution in [0, 0.1) is 0 Å². The summed E-state index contributed by atoms with van der Waals surface area (Å²) in [6.07, 6.45) is 1.77. The Morgan fingerprint density at radius 3 is 1.86 bits per heavy atom. The number of para-hydroxylation sites is 3. The predicted molar refractivity (Wildman–Crippen MR) is 147 cm³/mol. The molecule has 4 heterocycles. The van der Waals surface area contributed by atoms with Crippen molar-refractivity contribution < 1.29 is 0 Å². The van der Waals surface area contributed by atoms with E-state index in [0.717, 1.165) is 55.7 Å². The van der Waals surface area contributed by atoms with Crippen LogP contribution in [-0.2, 0) is 0 Å². The molecule has 0 bridgehead atoms. The molecule has 0 aliphatic rings. The molecule has 36 heavy (non-hydrogen) atoms. The molecule has 0 aliphatic heterocycles. The molecule has 4 N–H and O–H groups in total. The normalized spacial score (nSPS) is 11.6. The Kier molecular flexibility index (Phi) is 4.35. The highest BCUT2D eigenvalue weighted by molar-refractivity contribution is 6.09. The molecule has 6 heteroatoms. The molecule has 0 fully saturated rings. The number of nitrogens with two attached hydrogens (primary N) is 2. The number of pyridine rings is 2. The molecule has 0 unspecified atom stereocenters. The summed E-state index contributed by atoms with van der Waals surface area (Å²) in [5.74, 6) is 0.752. The van der Waals surface area contributed by atoms with Crippen LogP contribution in [-0.4, -0.2) is 19.1 Å². The summed E-state index contributed by atoms with van der Waals surface area (Å²) >= 11 is 0. The van der Waals surface area contributed by atoms with E-state index in [4.69, 9.17) is 16.5 Å². The van der Waals surface area contributed by atoms with Crippen molar-refractivity contribution in [2.45, 2.75) is 0 Å². The van der Waals surface area contributed by atoms with Crippen molar-refractivity contribution in [3.05, 3.63) is 109 Å². The van der Waals surface area contributed by atoms with Gasteiger partial charge < -0.3 is 16.0 Å². The van der Waals surface area contributed by atoms with Gasteiger partial charge >= 0.3 is 0 Å². The average molecular weight is 467 g/mol. The lowest BCUT2D eigenvalue weighted by Crippen LogP contribution is -2.06. The van der Waals surface area contributed by atoms with Gasteiger partial charge in [-0.1, -0.05) is 54.6 Å². The number of nitrogen functional groups attached to an aromatic ring is 2. The third-order valence-electron chi connectivity index (χ3n) is 6.74. The number of hydrogen-bond donors (Lipinski definition) is 2. The fourth-order valence-corrected chi connectivity index (χ4v) is 5.15. The Morgan fingerprint density at radius 1 is 0.528 bits per heavy atom. The quantitative estimate of drug-likeness (QED) is 0.318. The smallest absolute Gasteiger partial charge is 0.138 e. The second kappa shape index (κ2) is 7.71. The summed E-state index contributed by atoms with van der Waals surface area (Å²) in [7, 11) is 0. The highest BCUT2D eigenvalue weighted by Crippen LogP contribution is 2.45. The highest BCUT2D eigenvalue weighted by atomic mass is 15.1. The summed E-state index contributed by atoms with van der Waals surface area (Å²) in [4.78, 5) is 9.42. The van der Waals surface area contributed by atoms with Crippen LogP contribution in [0.15, 0.2) is 109 Å². The van der Waals surface area contributed by atoms with Gasteiger partial charge in [0.05, 0.1) is 44.8 Å². The lowest BCUT2D eigenvalue weighted by molar-refractivity contribution is 1.04. The van der Waals surface area contributed by atoms with E-state index >= 15 is 0 Å². The first-order valence-electron chi connectivity index (χ1n) is 11.8. The lowest BCUT2D eigenvalue weighted by atomic mass is 10.1. The fourth-order valence-electron chi connectivity index (χ4n) is 5.15. The van der Waals surface area contributed by atoms with E-state index in [-0.39, 0.29) is 0 Å². The third-order valence-corrected chi connectivity index (χ3v) is 6.74. The van der Waals surface area contributed by atoms with Crippen LogP contribution in [0.25, 0.3) is 55.7 Å². The van der Waals surface area contributed by atoms with E-state index in [1.165, 1.54) is 0 Å². The number of hydrogen-bond acceptors (Lipinski definition) is 4. The first-order valence-corrected chi connectivity index (χ1v) is 11.8. The molecule has 0 atom stereocenters. The number of nitrogens with zero attached hydrogens (tertiary/aromatic N) is 4. The number of benzene rings is 3. The maximum absolute atomic E-state index is 6.93. The second-order valence-corrected chi connectivity index (χ2v) is 8.78. The van der Waals surface area contributed by atoms with Crippen LogP contribution in [0.4, 0.5) is 11.4 Å². The molecular weight excluding hydrogens is 444 g/mol. The first-order chi connectivity index (χ1) is 17.7. The van der Waals surface area contributed by atoms with Crippen molar-refractivity contribution in [2.24, 2.45) is 0 Å². The Morgan fingerprint density at radius 2 is 1.14 bits per heavy atom. The highest BCUT2D eigenvalue weighted by Gasteiger charge is 2.26. The lowest BCUT2D eigenvalue weighted by Gasteiger charge is -2.16. The zero-order valence-electron chi connectivity index (χ0n) is 19.3. The molecule has 0 aliphatic carbocycles. The van der Waals surface area contributed by atoms with Gasteiger partial charge in [0.1, 0.15) is 5.82 Å². The van der Waals surface area contributed by atoms with Gasteiger partial charge in [0, 0.05) is 22.7 Å². The Labute approximate surface area is 207 Å². The SMILES string of the molecule is Nc1c(-c2c(N)c3ccccc3n2-c2ccc3ncccc3n2)n(-c2ccccc2)c2ccccc12. The minimum Gasteiger partial charge on any atom is -0.396 e. The molecule has 172 valence electrons. The van der Waals surface area contributed by atoms with E-state index in [2.05, 4.69) is 44.5 Å². The van der Waals surface area contributed by atoms with Crippen molar-refractivity contribution in [2.75, 3.05) is 11.5 Å². The van der Waals surface area contributed by atoms with Crippen LogP contribution in [0.1, 0.15) is 0 Å². The first kappa shape index (κ1) is 20.3. The van der Waals surface area contributed by atoms with Gasteiger partial charge in [-0.05, 0) is 48.5 Å². The molecule has 0 saturated heterocycles. The summed E-state index contributed by atoms with van der Waals surface area (Å²) in [5, 5.41) is 1.92. The Hall–Kier alpha value is -5.10. The van der Waals surface area contributed by atoms with Gasteiger partial charge in [0.2, 0.25) is 0 Å². The van der Waals surface area contributed by atoms with E-state index in [1.54, 1.807) is 6.20 Å². The second-order valence-electron chi connectivity index (χ2n) is 8.78. The van der Waals surface area contributed by atoms with Gasteiger partial charge in [0.25, 0.3) is 0 Å². The summed E-state index contributed by atoms with van der Waals surface area (Å²) in [5.41, 5.74) is 21.5. The van der Waals surface area contributed by atoms with Crippen LogP contribution >= 0.6 is 0 Å². The van der Waals surface area contributed by atoms with E-state index in [1.807, 2.05) is 72.8 Å². The van der Waals surface area contributed by atoms with Crippen molar-refractivity contribution in [3.8, 4) is 22.9 Å². The standard InChI is InChI=1S/C30H22N6/c31-27-20-11-4-6-14-24(20)35(19-9-2-1-3-10-19)29(27)30-28(32)21-12-5-7-15-25(21)36(30)26-17-16-22-23(34-26)13-8-18-33-22/h1-18H,31-32H2. The van der Waals surface area contributed by atoms with E-state index in [0.29, 0.717) is 11.4 Å². The van der Waals surface area contributed by atoms with Crippen LogP contribution in [0.5, 0.6) is 0 Å². The molecule has 3 aromatic carbocycles. The third kappa shape index (κ3) is 2.85. The largest absolute Gasteiger partial charge is 0.396 e. The van der Waals surface area contributed by atoms with Crippen LogP contribution in [0.3, 0.4) is 0 Å². The zero-order valence-corrected chi connectivity index (χ0v) is 19.3. The average Bonchev–Trinajstić information content (AvgIpc) is 3.39. The van der Waals surface area contributed by atoms with Gasteiger partial charge in [-0.2, -0.15) is 0 Å². The number of fused-ring (bicyclic) bond motifs is 3. The molecule has 0 spiro atoms. The Bertz CT molecular complexity index is 1910. The maximum Gasteiger partial charge on any atom is 0.138 e. The summed E-state index contributed by atoms with van der Waals surface area (Å²) in [6.45, 7) is 0. The van der Waals surface area contributed by atoms with Crippen molar-refractivity contribution in [3.63, 3.8) is 0 Å². The molecule has 4 aromatic heterocycles. The van der Waals surface area contributed by atoms with Gasteiger partial charge in [-0.3, -0.25) is 9.55 Å². The molecule has 7 rings (SSSR count). The zero-order chi connectivity index (χ0) is 24.2. The molecule has 6 nitrogen and oxygen atoms in total. The monoisotopic (exact) mass is 466 g/mol. The minimum absolute atomic E-state index is 0.658. The summed E-state index contributed by atoms with van der Waals surface area (Å²) in [6, 6.07) is 34.4. The number of rotatable bonds is 3. The topological polar surface area (TPSA) is 87.7 Å². The van der Waals surface area contributed by atoms with Gasteiger partial charge in [-0.15, -0.1) is 0 Å². The Balaban J connectivity index is 1.65. The molecule has 0 amide bonds. The molecule has 7 aromatic rings. The van der Waals surface area contributed by atoms with Gasteiger partial charge in [-0.25, -0.2) is 4.98 Å². The number of anilines is 2. The van der Waals surface area contributed by atoms with Crippen LogP contribution < -0.4 is 11.5 Å². The van der Waals surface area contributed by atoms with Crippen molar-refractivity contribution in [1.29, 1.82) is 0 Å². The van der Waals surface area contributed by atoms with Crippen molar-refractivity contribution >= 4 is 44.2 Å². The molecular formula is C30H22N6. The summed E-state index contributed by atoms with van der Waals surface area (Å²) < 4.78 is 4.30. The van der Waals surface area contributed by atoms with E-state index < -0.39 is 0 Å². The van der Waals surface area contributed by atoms with E-state index in [9.17, 15) is 0 Å². The number of aromatic nitrogens is 4. The molecule has 0 radical (unpaired) electrons. The maximum atomic E-state index is 6.93. The van der Waals surface area contributed by atoms with Gasteiger partial charge in [0.15, 0.2) is 0 Å². The minimum atomic E-state index is 0.658. The van der Waals surface area contributed by atoms with Crippen LogP contribution in [0.2, 0.25) is 0 Å².